The molecule has 0 aliphatic carbocycles. The fourth-order valence-corrected chi connectivity index (χ4v) is 2.96. The Morgan fingerprint density at radius 1 is 1.11 bits per heavy atom. The summed E-state index contributed by atoms with van der Waals surface area (Å²) < 4.78 is 1.76. The van der Waals surface area contributed by atoms with Crippen molar-refractivity contribution < 1.29 is 4.79 Å². The fraction of sp³-hybridized carbons (Fsp3) is 0.250. The molecule has 0 atom stereocenters. The van der Waals surface area contributed by atoms with Gasteiger partial charge in [-0.1, -0.05) is 52.7 Å². The molecule has 3 aromatic rings. The normalized spacial score (nSPS) is 11.4. The molecule has 3 rings (SSSR count). The summed E-state index contributed by atoms with van der Waals surface area (Å²) in [4.78, 5) is 12.4. The summed E-state index contributed by atoms with van der Waals surface area (Å²) in [5.74, 6) is -0.147. The van der Waals surface area contributed by atoms with E-state index in [1.54, 1.807) is 22.9 Å². The number of aryl methyl sites for hydroxylation is 2. The molecule has 0 saturated carbocycles. The topological polar surface area (TPSA) is 59.8 Å². The predicted octanol–water partition coefficient (Wildman–Crippen LogP) is 4.49. The van der Waals surface area contributed by atoms with Crippen LogP contribution in [-0.2, 0) is 18.5 Å². The van der Waals surface area contributed by atoms with Crippen LogP contribution in [0.5, 0.6) is 0 Å². The van der Waals surface area contributed by atoms with E-state index in [4.69, 9.17) is 23.2 Å². The van der Waals surface area contributed by atoms with Gasteiger partial charge in [0.05, 0.1) is 21.8 Å². The van der Waals surface area contributed by atoms with E-state index in [2.05, 4.69) is 15.6 Å². The van der Waals surface area contributed by atoms with Gasteiger partial charge in [-0.25, -0.2) is 0 Å². The van der Waals surface area contributed by atoms with Gasteiger partial charge in [0.25, 0.3) is 5.91 Å². The third-order valence-electron chi connectivity index (χ3n) is 4.25. The summed E-state index contributed by atoms with van der Waals surface area (Å²) in [6.07, 6.45) is 2.60. The fourth-order valence-electron chi connectivity index (χ4n) is 2.64. The first-order valence-electron chi connectivity index (χ1n) is 8.57. The predicted molar refractivity (Wildman–Crippen MR) is 107 cm³/mol. The van der Waals surface area contributed by atoms with Gasteiger partial charge in [0.1, 0.15) is 5.69 Å². The standard InChI is InChI=1S/C20H20Cl2N4O/c1-20(2,23-19(27)15-6-4-3-5-7-15)18-13-26(25-24-18)11-10-14-8-9-16(21)17(22)12-14/h3-9,12-13H,10-11H2,1-2H3,(H,23,27). The smallest absolute Gasteiger partial charge is 0.252 e. The molecule has 0 spiro atoms. The molecule has 1 heterocycles. The molecule has 0 bridgehead atoms. The number of nitrogens with one attached hydrogen (secondary N) is 1. The van der Waals surface area contributed by atoms with E-state index in [1.807, 2.05) is 50.4 Å². The van der Waals surface area contributed by atoms with Gasteiger partial charge in [0, 0.05) is 12.1 Å². The Morgan fingerprint density at radius 2 is 1.85 bits per heavy atom. The van der Waals surface area contributed by atoms with Crippen LogP contribution < -0.4 is 5.32 Å². The molecular weight excluding hydrogens is 383 g/mol. The number of hydrogen-bond donors (Lipinski definition) is 1. The molecule has 2 aromatic carbocycles. The van der Waals surface area contributed by atoms with Crippen molar-refractivity contribution in [1.82, 2.24) is 20.3 Å². The van der Waals surface area contributed by atoms with E-state index >= 15 is 0 Å². The summed E-state index contributed by atoms with van der Waals surface area (Å²) in [5, 5.41) is 12.5. The molecule has 7 heteroatoms. The van der Waals surface area contributed by atoms with E-state index in [9.17, 15) is 4.79 Å². The number of nitrogens with zero attached hydrogens (tertiary/aromatic N) is 3. The molecule has 5 nitrogen and oxygen atoms in total. The Kier molecular flexibility index (Phi) is 5.82. The second-order valence-corrected chi connectivity index (χ2v) is 7.62. The molecule has 0 aliphatic heterocycles. The number of aromatic nitrogens is 3. The summed E-state index contributed by atoms with van der Waals surface area (Å²) in [6.45, 7) is 4.45. The van der Waals surface area contributed by atoms with E-state index in [-0.39, 0.29) is 5.91 Å². The number of halogens is 2. The highest BCUT2D eigenvalue weighted by Crippen LogP contribution is 2.23. The zero-order valence-corrected chi connectivity index (χ0v) is 16.6. The second kappa shape index (κ2) is 8.11. The van der Waals surface area contributed by atoms with Crippen LogP contribution >= 0.6 is 23.2 Å². The summed E-state index contributed by atoms with van der Waals surface area (Å²) >= 11 is 12.0. The maximum absolute atomic E-state index is 12.4. The lowest BCUT2D eigenvalue weighted by molar-refractivity contribution is 0.0910. The third-order valence-corrected chi connectivity index (χ3v) is 4.99. The first kappa shape index (κ1) is 19.4. The van der Waals surface area contributed by atoms with Crippen molar-refractivity contribution in [2.24, 2.45) is 0 Å². The lowest BCUT2D eigenvalue weighted by Gasteiger charge is -2.23. The number of carbonyl (C=O) groups is 1. The van der Waals surface area contributed by atoms with Crippen molar-refractivity contribution in [3.8, 4) is 0 Å². The molecule has 0 fully saturated rings. The summed E-state index contributed by atoms with van der Waals surface area (Å²) in [6, 6.07) is 14.7. The molecular formula is C20H20Cl2N4O. The highest BCUT2D eigenvalue weighted by Gasteiger charge is 2.26. The van der Waals surface area contributed by atoms with Crippen molar-refractivity contribution in [1.29, 1.82) is 0 Å². The Labute approximate surface area is 168 Å². The van der Waals surface area contributed by atoms with Gasteiger partial charge in [0.15, 0.2) is 0 Å². The number of rotatable bonds is 6. The summed E-state index contributed by atoms with van der Waals surface area (Å²) in [5.41, 5.74) is 1.73. The van der Waals surface area contributed by atoms with E-state index < -0.39 is 5.54 Å². The molecule has 1 aromatic heterocycles. The number of hydrogen-bond acceptors (Lipinski definition) is 3. The maximum Gasteiger partial charge on any atom is 0.252 e. The molecule has 0 aliphatic rings. The van der Waals surface area contributed by atoms with Gasteiger partial charge >= 0.3 is 0 Å². The van der Waals surface area contributed by atoms with Crippen molar-refractivity contribution in [3.63, 3.8) is 0 Å². The van der Waals surface area contributed by atoms with Crippen molar-refractivity contribution >= 4 is 29.1 Å². The van der Waals surface area contributed by atoms with Crippen LogP contribution in [0.4, 0.5) is 0 Å². The average Bonchev–Trinajstić information content (AvgIpc) is 3.13. The van der Waals surface area contributed by atoms with Crippen LogP contribution in [0.25, 0.3) is 0 Å². The first-order valence-corrected chi connectivity index (χ1v) is 9.33. The van der Waals surface area contributed by atoms with Gasteiger partial charge in [-0.15, -0.1) is 5.10 Å². The Bertz CT molecular complexity index is 938. The van der Waals surface area contributed by atoms with Crippen LogP contribution in [0.1, 0.15) is 35.5 Å². The number of benzene rings is 2. The largest absolute Gasteiger partial charge is 0.341 e. The van der Waals surface area contributed by atoms with Gasteiger partial charge in [0.2, 0.25) is 0 Å². The zero-order chi connectivity index (χ0) is 19.4. The number of amides is 1. The van der Waals surface area contributed by atoms with Crippen molar-refractivity contribution in [3.05, 3.63) is 81.6 Å². The number of carbonyl (C=O) groups excluding carboxylic acids is 1. The molecule has 0 unspecified atom stereocenters. The molecule has 27 heavy (non-hydrogen) atoms. The van der Waals surface area contributed by atoms with E-state index in [0.29, 0.717) is 27.8 Å². The zero-order valence-electron chi connectivity index (χ0n) is 15.1. The lowest BCUT2D eigenvalue weighted by Crippen LogP contribution is -2.41. The highest BCUT2D eigenvalue weighted by molar-refractivity contribution is 6.42. The van der Waals surface area contributed by atoms with Gasteiger partial charge in [-0.2, -0.15) is 0 Å². The molecule has 1 N–H and O–H groups in total. The Hall–Kier alpha value is -2.37. The van der Waals surface area contributed by atoms with E-state index in [0.717, 1.165) is 12.0 Å². The van der Waals surface area contributed by atoms with Crippen LogP contribution in [0.15, 0.2) is 54.7 Å². The van der Waals surface area contributed by atoms with Crippen molar-refractivity contribution in [2.45, 2.75) is 32.4 Å². The van der Waals surface area contributed by atoms with Crippen molar-refractivity contribution in [2.75, 3.05) is 0 Å². The minimum atomic E-state index is -0.644. The van der Waals surface area contributed by atoms with E-state index in [1.165, 1.54) is 0 Å². The molecule has 140 valence electrons. The van der Waals surface area contributed by atoms with Crippen LogP contribution in [0.3, 0.4) is 0 Å². The van der Waals surface area contributed by atoms with Crippen LogP contribution in [0, 0.1) is 0 Å². The van der Waals surface area contributed by atoms with Gasteiger partial charge < -0.3 is 5.32 Å². The second-order valence-electron chi connectivity index (χ2n) is 6.81. The Balaban J connectivity index is 1.65. The quantitative estimate of drug-likeness (QED) is 0.660. The monoisotopic (exact) mass is 402 g/mol. The van der Waals surface area contributed by atoms with Gasteiger partial charge in [-0.05, 0) is 50.1 Å². The average molecular weight is 403 g/mol. The molecule has 0 saturated heterocycles. The molecule has 1 amide bonds. The highest BCUT2D eigenvalue weighted by atomic mass is 35.5. The Morgan fingerprint density at radius 3 is 2.56 bits per heavy atom. The summed E-state index contributed by atoms with van der Waals surface area (Å²) in [7, 11) is 0. The lowest BCUT2D eigenvalue weighted by atomic mass is 10.0. The minimum absolute atomic E-state index is 0.147. The molecule has 0 radical (unpaired) electrons. The van der Waals surface area contributed by atoms with Crippen LogP contribution in [-0.4, -0.2) is 20.9 Å². The SMILES string of the molecule is CC(C)(NC(=O)c1ccccc1)c1cn(CCc2ccc(Cl)c(Cl)c2)nn1. The maximum atomic E-state index is 12.4. The first-order chi connectivity index (χ1) is 12.8. The van der Waals surface area contributed by atoms with Crippen LogP contribution in [0.2, 0.25) is 10.0 Å². The third kappa shape index (κ3) is 4.87. The van der Waals surface area contributed by atoms with Gasteiger partial charge in [-0.3, -0.25) is 9.48 Å². The minimum Gasteiger partial charge on any atom is -0.341 e.